The number of nitrogens with one attached hydrogen (secondary N) is 1. The Kier molecular flexibility index (Phi) is 3.19. The Hall–Kier alpha value is -1.55. The van der Waals surface area contributed by atoms with Crippen LogP contribution in [0, 0.1) is 0 Å². The predicted octanol–water partition coefficient (Wildman–Crippen LogP) is 2.16. The van der Waals surface area contributed by atoms with Crippen molar-refractivity contribution in [2.45, 2.75) is 25.7 Å². The van der Waals surface area contributed by atoms with E-state index in [-0.39, 0.29) is 6.03 Å². The second kappa shape index (κ2) is 4.98. The first-order valence-corrected chi connectivity index (χ1v) is 6.77. The van der Waals surface area contributed by atoms with Gasteiger partial charge in [-0.05, 0) is 30.9 Å². The van der Waals surface area contributed by atoms with E-state index < -0.39 is 0 Å². The van der Waals surface area contributed by atoms with Gasteiger partial charge in [0, 0.05) is 19.6 Å². The molecule has 4 nitrogen and oxygen atoms in total. The van der Waals surface area contributed by atoms with Crippen LogP contribution in [-0.2, 0) is 6.42 Å². The first kappa shape index (κ1) is 11.5. The second-order valence-corrected chi connectivity index (χ2v) is 4.94. The van der Waals surface area contributed by atoms with Crippen LogP contribution in [0.25, 0.3) is 0 Å². The first-order valence-electron chi connectivity index (χ1n) is 6.77. The van der Waals surface area contributed by atoms with Crippen molar-refractivity contribution in [2.75, 3.05) is 24.6 Å². The molecule has 0 spiro atoms. The van der Waals surface area contributed by atoms with Crippen LogP contribution >= 0.6 is 0 Å². The summed E-state index contributed by atoms with van der Waals surface area (Å²) in [4.78, 5) is 12.2. The molecule has 0 radical (unpaired) electrons. The zero-order valence-electron chi connectivity index (χ0n) is 10.6. The van der Waals surface area contributed by atoms with Gasteiger partial charge < -0.3 is 5.32 Å². The topological polar surface area (TPSA) is 35.6 Å². The summed E-state index contributed by atoms with van der Waals surface area (Å²) in [5.41, 5.74) is 2.30. The number of carbonyl (C=O) groups excluding carboxylic acids is 1. The molecule has 2 aliphatic heterocycles. The smallest absolute Gasteiger partial charge is 0.336 e. The molecule has 0 aliphatic carbocycles. The van der Waals surface area contributed by atoms with Crippen LogP contribution in [-0.4, -0.2) is 30.7 Å². The Bertz CT molecular complexity index is 440. The minimum Gasteiger partial charge on any atom is -0.336 e. The summed E-state index contributed by atoms with van der Waals surface area (Å²) in [6.45, 7) is 2.67. The summed E-state index contributed by atoms with van der Waals surface area (Å²) in [7, 11) is 0. The average molecular weight is 245 g/mol. The SMILES string of the molecule is O=C1NCCc2ccccc2N1N1CCCCC1. The highest BCUT2D eigenvalue weighted by atomic mass is 16.2. The molecule has 2 amide bonds. The van der Waals surface area contributed by atoms with Crippen molar-refractivity contribution in [3.05, 3.63) is 29.8 Å². The lowest BCUT2D eigenvalue weighted by atomic mass is 10.1. The maximum absolute atomic E-state index is 12.2. The molecule has 0 aromatic heterocycles. The second-order valence-electron chi connectivity index (χ2n) is 4.94. The van der Waals surface area contributed by atoms with E-state index in [1.165, 1.54) is 24.8 Å². The van der Waals surface area contributed by atoms with E-state index in [2.05, 4.69) is 22.5 Å². The number of hydrogen-bond acceptors (Lipinski definition) is 2. The largest absolute Gasteiger partial charge is 0.336 e. The van der Waals surface area contributed by atoms with E-state index in [1.54, 1.807) is 0 Å². The average Bonchev–Trinajstić information content (AvgIpc) is 2.58. The number of para-hydroxylation sites is 1. The molecule has 1 saturated heterocycles. The van der Waals surface area contributed by atoms with E-state index in [0.29, 0.717) is 0 Å². The summed E-state index contributed by atoms with van der Waals surface area (Å²) >= 11 is 0. The van der Waals surface area contributed by atoms with Crippen LogP contribution in [0.2, 0.25) is 0 Å². The molecule has 0 atom stereocenters. The fourth-order valence-electron chi connectivity index (χ4n) is 2.78. The zero-order valence-corrected chi connectivity index (χ0v) is 10.6. The van der Waals surface area contributed by atoms with Gasteiger partial charge in [0.25, 0.3) is 0 Å². The molecule has 0 unspecified atom stereocenters. The third-order valence-corrected chi connectivity index (χ3v) is 3.70. The number of urea groups is 1. The molecule has 0 saturated carbocycles. The van der Waals surface area contributed by atoms with Crippen molar-refractivity contribution in [2.24, 2.45) is 0 Å². The summed E-state index contributed by atoms with van der Waals surface area (Å²) in [6.07, 6.45) is 4.53. The van der Waals surface area contributed by atoms with E-state index in [0.717, 1.165) is 31.7 Å². The van der Waals surface area contributed by atoms with Crippen LogP contribution in [0.4, 0.5) is 10.5 Å². The van der Waals surface area contributed by atoms with Crippen LogP contribution < -0.4 is 10.3 Å². The molecular formula is C14H19N3O. The summed E-state index contributed by atoms with van der Waals surface area (Å²) in [6, 6.07) is 8.24. The van der Waals surface area contributed by atoms with E-state index in [9.17, 15) is 4.79 Å². The lowest BCUT2D eigenvalue weighted by Crippen LogP contribution is -2.52. The normalized spacial score (nSPS) is 21.1. The number of nitrogens with zero attached hydrogens (tertiary/aromatic N) is 2. The molecule has 1 aromatic carbocycles. The van der Waals surface area contributed by atoms with Gasteiger partial charge in [0.15, 0.2) is 0 Å². The molecule has 1 N–H and O–H groups in total. The highest BCUT2D eigenvalue weighted by Crippen LogP contribution is 2.26. The van der Waals surface area contributed by atoms with Crippen molar-refractivity contribution in [1.82, 2.24) is 10.3 Å². The van der Waals surface area contributed by atoms with Gasteiger partial charge in [0.2, 0.25) is 0 Å². The Morgan fingerprint density at radius 2 is 1.83 bits per heavy atom. The van der Waals surface area contributed by atoms with E-state index >= 15 is 0 Å². The Morgan fingerprint density at radius 3 is 2.67 bits per heavy atom. The fourth-order valence-corrected chi connectivity index (χ4v) is 2.78. The molecule has 3 rings (SSSR count). The molecule has 1 aromatic rings. The molecule has 1 fully saturated rings. The molecule has 18 heavy (non-hydrogen) atoms. The zero-order chi connectivity index (χ0) is 12.4. The van der Waals surface area contributed by atoms with Gasteiger partial charge in [-0.25, -0.2) is 14.8 Å². The van der Waals surface area contributed by atoms with Crippen LogP contribution in [0.3, 0.4) is 0 Å². The van der Waals surface area contributed by atoms with Crippen molar-refractivity contribution in [3.63, 3.8) is 0 Å². The number of carbonyl (C=O) groups is 1. The maximum atomic E-state index is 12.2. The number of amides is 2. The van der Waals surface area contributed by atoms with Gasteiger partial charge in [0.1, 0.15) is 0 Å². The van der Waals surface area contributed by atoms with Gasteiger partial charge in [0.05, 0.1) is 5.69 Å². The maximum Gasteiger partial charge on any atom is 0.336 e. The third kappa shape index (κ3) is 2.08. The Morgan fingerprint density at radius 1 is 1.06 bits per heavy atom. The lowest BCUT2D eigenvalue weighted by Gasteiger charge is -2.37. The quantitative estimate of drug-likeness (QED) is 0.823. The van der Waals surface area contributed by atoms with E-state index in [4.69, 9.17) is 0 Å². The van der Waals surface area contributed by atoms with Crippen molar-refractivity contribution in [1.29, 1.82) is 0 Å². The van der Waals surface area contributed by atoms with Crippen molar-refractivity contribution >= 4 is 11.7 Å². The Labute approximate surface area is 108 Å². The van der Waals surface area contributed by atoms with Gasteiger partial charge in [-0.3, -0.25) is 0 Å². The summed E-state index contributed by atoms with van der Waals surface area (Å²) < 4.78 is 0. The van der Waals surface area contributed by atoms with Crippen LogP contribution in [0.15, 0.2) is 24.3 Å². The lowest BCUT2D eigenvalue weighted by molar-refractivity contribution is 0.192. The standard InChI is InChI=1S/C14H19N3O/c18-14-15-9-8-12-6-2-3-7-13(12)17(14)16-10-4-1-5-11-16/h2-3,6-7H,1,4-5,8-11H2,(H,15,18). The number of fused-ring (bicyclic) bond motifs is 1. The minimum absolute atomic E-state index is 0.0156. The summed E-state index contributed by atoms with van der Waals surface area (Å²) in [5, 5.41) is 7.02. The molecule has 4 heteroatoms. The highest BCUT2D eigenvalue weighted by Gasteiger charge is 2.28. The predicted molar refractivity (Wildman–Crippen MR) is 71.4 cm³/mol. The van der Waals surface area contributed by atoms with Crippen molar-refractivity contribution < 1.29 is 4.79 Å². The highest BCUT2D eigenvalue weighted by molar-refractivity contribution is 5.92. The number of benzene rings is 1. The number of rotatable bonds is 1. The molecular weight excluding hydrogens is 226 g/mol. The van der Waals surface area contributed by atoms with Gasteiger partial charge in [-0.1, -0.05) is 24.6 Å². The van der Waals surface area contributed by atoms with Crippen molar-refractivity contribution in [3.8, 4) is 0 Å². The number of hydrazine groups is 1. The molecule has 2 aliphatic rings. The van der Waals surface area contributed by atoms with Gasteiger partial charge in [-0.2, -0.15) is 0 Å². The first-order chi connectivity index (χ1) is 8.86. The molecule has 0 bridgehead atoms. The number of hydrogen-bond donors (Lipinski definition) is 1. The number of anilines is 1. The van der Waals surface area contributed by atoms with E-state index in [1.807, 2.05) is 17.1 Å². The Balaban J connectivity index is 1.96. The molecule has 2 heterocycles. The molecule has 96 valence electrons. The monoisotopic (exact) mass is 245 g/mol. The minimum atomic E-state index is 0.0156. The summed E-state index contributed by atoms with van der Waals surface area (Å²) in [5.74, 6) is 0. The van der Waals surface area contributed by atoms with Gasteiger partial charge >= 0.3 is 6.03 Å². The van der Waals surface area contributed by atoms with Crippen LogP contribution in [0.5, 0.6) is 0 Å². The number of piperidine rings is 1. The van der Waals surface area contributed by atoms with Gasteiger partial charge in [-0.15, -0.1) is 0 Å². The third-order valence-electron chi connectivity index (χ3n) is 3.70. The fraction of sp³-hybridized carbons (Fsp3) is 0.500. The van der Waals surface area contributed by atoms with Crippen LogP contribution in [0.1, 0.15) is 24.8 Å².